The van der Waals surface area contributed by atoms with E-state index in [0.717, 1.165) is 0 Å². The maximum absolute atomic E-state index is 12.9. The monoisotopic (exact) mass is 351 g/mol. The zero-order valence-corrected chi connectivity index (χ0v) is 12.0. The van der Waals surface area contributed by atoms with E-state index in [0.29, 0.717) is 28.9 Å². The summed E-state index contributed by atoms with van der Waals surface area (Å²) < 4.78 is 18.7. The van der Waals surface area contributed by atoms with Crippen molar-refractivity contribution in [1.82, 2.24) is 4.90 Å². The van der Waals surface area contributed by atoms with Gasteiger partial charge in [-0.2, -0.15) is 0 Å². The van der Waals surface area contributed by atoms with Crippen LogP contribution in [-0.2, 0) is 4.74 Å². The van der Waals surface area contributed by atoms with Gasteiger partial charge in [-0.15, -0.1) is 0 Å². The number of nitrogens with zero attached hydrogens (tertiary/aromatic N) is 1. The molecule has 3 nitrogen and oxygen atoms in total. The number of carbonyl (C=O) groups excluding carboxylic acids is 1. The van der Waals surface area contributed by atoms with Crippen LogP contribution in [0.5, 0.6) is 0 Å². The molecule has 0 heterocycles. The van der Waals surface area contributed by atoms with Crippen molar-refractivity contribution in [2.45, 2.75) is 6.92 Å². The molecule has 0 aliphatic carbocycles. The van der Waals surface area contributed by atoms with Gasteiger partial charge < -0.3 is 9.64 Å². The van der Waals surface area contributed by atoms with Gasteiger partial charge in [0.25, 0.3) is 5.91 Å². The van der Waals surface area contributed by atoms with Crippen LogP contribution in [0, 0.1) is 9.39 Å². The molecule has 0 N–H and O–H groups in total. The van der Waals surface area contributed by atoms with Crippen molar-refractivity contribution < 1.29 is 13.9 Å². The number of carbonyl (C=O) groups is 1. The van der Waals surface area contributed by atoms with E-state index in [4.69, 9.17) is 4.74 Å². The smallest absolute Gasteiger partial charge is 0.254 e. The fourth-order valence-electron chi connectivity index (χ4n) is 1.32. The fraction of sp³-hybridized carbons (Fsp3) is 0.417. The first-order chi connectivity index (χ1) is 8.06. The summed E-state index contributed by atoms with van der Waals surface area (Å²) in [5, 5.41) is 0. The Morgan fingerprint density at radius 3 is 2.82 bits per heavy atom. The van der Waals surface area contributed by atoms with Gasteiger partial charge >= 0.3 is 0 Å². The third-order valence-electron chi connectivity index (χ3n) is 2.28. The number of benzene rings is 1. The zero-order valence-electron chi connectivity index (χ0n) is 9.87. The van der Waals surface area contributed by atoms with E-state index in [1.807, 2.05) is 29.5 Å². The summed E-state index contributed by atoms with van der Waals surface area (Å²) in [6.07, 6.45) is 0. The molecule has 1 amide bonds. The van der Waals surface area contributed by atoms with Crippen LogP contribution in [0.25, 0.3) is 0 Å². The molecule has 1 rings (SSSR count). The highest BCUT2D eigenvalue weighted by atomic mass is 127. The van der Waals surface area contributed by atoms with E-state index in [2.05, 4.69) is 0 Å². The van der Waals surface area contributed by atoms with Crippen molar-refractivity contribution in [2.75, 3.05) is 26.8 Å². The first-order valence-corrected chi connectivity index (χ1v) is 6.42. The lowest BCUT2D eigenvalue weighted by Crippen LogP contribution is -2.30. The minimum atomic E-state index is -0.331. The van der Waals surface area contributed by atoms with Crippen molar-refractivity contribution in [3.05, 3.63) is 33.1 Å². The van der Waals surface area contributed by atoms with Gasteiger partial charge in [-0.25, -0.2) is 4.39 Å². The van der Waals surface area contributed by atoms with Gasteiger partial charge in [-0.05, 0) is 47.7 Å². The Kier molecular flexibility index (Phi) is 5.84. The number of rotatable bonds is 5. The maximum Gasteiger partial charge on any atom is 0.254 e. The summed E-state index contributed by atoms with van der Waals surface area (Å²) in [6, 6.07) is 4.16. The second kappa shape index (κ2) is 6.90. The van der Waals surface area contributed by atoms with Crippen molar-refractivity contribution >= 4 is 28.5 Å². The quantitative estimate of drug-likeness (QED) is 0.603. The lowest BCUT2D eigenvalue weighted by atomic mass is 10.2. The molecule has 1 aromatic rings. The summed E-state index contributed by atoms with van der Waals surface area (Å²) in [5.41, 5.74) is 0.519. The fourth-order valence-corrected chi connectivity index (χ4v) is 2.02. The van der Waals surface area contributed by atoms with E-state index < -0.39 is 0 Å². The molecule has 0 aromatic heterocycles. The third kappa shape index (κ3) is 4.23. The standard InChI is InChI=1S/C12H15FINO2/c1-3-17-7-6-15(2)12(16)10-5-4-9(13)8-11(10)14/h4-5,8H,3,6-7H2,1-2H3. The van der Waals surface area contributed by atoms with Gasteiger partial charge in [0.1, 0.15) is 5.82 Å². The van der Waals surface area contributed by atoms with E-state index in [9.17, 15) is 9.18 Å². The number of hydrogen-bond acceptors (Lipinski definition) is 2. The molecule has 17 heavy (non-hydrogen) atoms. The maximum atomic E-state index is 12.9. The SMILES string of the molecule is CCOCCN(C)C(=O)c1ccc(F)cc1I. The van der Waals surface area contributed by atoms with E-state index in [1.54, 1.807) is 11.9 Å². The lowest BCUT2D eigenvalue weighted by Gasteiger charge is -2.17. The molecule has 0 aliphatic rings. The molecule has 0 saturated carbocycles. The average molecular weight is 351 g/mol. The van der Waals surface area contributed by atoms with Crippen LogP contribution in [0.3, 0.4) is 0 Å². The second-order valence-electron chi connectivity index (χ2n) is 3.55. The average Bonchev–Trinajstić information content (AvgIpc) is 2.28. The molecule has 0 unspecified atom stereocenters. The van der Waals surface area contributed by atoms with Crippen LogP contribution in [-0.4, -0.2) is 37.6 Å². The van der Waals surface area contributed by atoms with Crippen molar-refractivity contribution in [3.8, 4) is 0 Å². The molecule has 94 valence electrons. The third-order valence-corrected chi connectivity index (χ3v) is 3.18. The van der Waals surface area contributed by atoms with Crippen LogP contribution in [0.4, 0.5) is 4.39 Å². The van der Waals surface area contributed by atoms with Gasteiger partial charge in [0, 0.05) is 23.8 Å². The van der Waals surface area contributed by atoms with E-state index in [-0.39, 0.29) is 11.7 Å². The van der Waals surface area contributed by atoms with Crippen LogP contribution < -0.4 is 0 Å². The minimum absolute atomic E-state index is 0.117. The number of halogens is 2. The number of hydrogen-bond donors (Lipinski definition) is 0. The van der Waals surface area contributed by atoms with Crippen molar-refractivity contribution in [2.24, 2.45) is 0 Å². The highest BCUT2D eigenvalue weighted by Crippen LogP contribution is 2.15. The highest BCUT2D eigenvalue weighted by Gasteiger charge is 2.14. The molecule has 5 heteroatoms. The van der Waals surface area contributed by atoms with Crippen LogP contribution in [0.2, 0.25) is 0 Å². The summed E-state index contributed by atoms with van der Waals surface area (Å²) >= 11 is 1.96. The molecule has 0 atom stereocenters. The molecule has 0 saturated heterocycles. The molecular weight excluding hydrogens is 336 g/mol. The van der Waals surface area contributed by atoms with Gasteiger partial charge in [-0.1, -0.05) is 0 Å². The molecular formula is C12H15FINO2. The van der Waals surface area contributed by atoms with Gasteiger partial charge in [-0.3, -0.25) is 4.79 Å². The minimum Gasteiger partial charge on any atom is -0.380 e. The first-order valence-electron chi connectivity index (χ1n) is 5.34. The van der Waals surface area contributed by atoms with E-state index in [1.165, 1.54) is 18.2 Å². The van der Waals surface area contributed by atoms with Crippen molar-refractivity contribution in [3.63, 3.8) is 0 Å². The lowest BCUT2D eigenvalue weighted by molar-refractivity contribution is 0.0709. The van der Waals surface area contributed by atoms with Crippen LogP contribution in [0.15, 0.2) is 18.2 Å². The summed E-state index contributed by atoms with van der Waals surface area (Å²) in [6.45, 7) is 3.58. The normalized spacial score (nSPS) is 10.4. The number of amides is 1. The largest absolute Gasteiger partial charge is 0.380 e. The predicted octanol–water partition coefficient (Wildman–Crippen LogP) is 2.54. The predicted molar refractivity (Wildman–Crippen MR) is 72.6 cm³/mol. The van der Waals surface area contributed by atoms with Crippen LogP contribution in [0.1, 0.15) is 17.3 Å². The molecule has 1 aromatic carbocycles. The van der Waals surface area contributed by atoms with Crippen molar-refractivity contribution in [1.29, 1.82) is 0 Å². The van der Waals surface area contributed by atoms with Gasteiger partial charge in [0.15, 0.2) is 0 Å². The molecule has 0 spiro atoms. The summed E-state index contributed by atoms with van der Waals surface area (Å²) in [4.78, 5) is 13.6. The number of ether oxygens (including phenoxy) is 1. The Morgan fingerprint density at radius 1 is 1.53 bits per heavy atom. The summed E-state index contributed by atoms with van der Waals surface area (Å²) in [5.74, 6) is -0.447. The second-order valence-corrected chi connectivity index (χ2v) is 4.71. The van der Waals surface area contributed by atoms with E-state index >= 15 is 0 Å². The van der Waals surface area contributed by atoms with Gasteiger partial charge in [0.05, 0.1) is 12.2 Å². The Morgan fingerprint density at radius 2 is 2.24 bits per heavy atom. The summed E-state index contributed by atoms with van der Waals surface area (Å²) in [7, 11) is 1.71. The topological polar surface area (TPSA) is 29.5 Å². The Bertz CT molecular complexity index is 398. The highest BCUT2D eigenvalue weighted by molar-refractivity contribution is 14.1. The zero-order chi connectivity index (χ0) is 12.8. The Balaban J connectivity index is 2.68. The van der Waals surface area contributed by atoms with Gasteiger partial charge in [0.2, 0.25) is 0 Å². The number of likely N-dealkylation sites (N-methyl/N-ethyl adjacent to an activating group) is 1. The Labute approximate surface area is 114 Å². The molecule has 0 bridgehead atoms. The van der Waals surface area contributed by atoms with Crippen LogP contribution >= 0.6 is 22.6 Å². The first kappa shape index (κ1) is 14.4. The molecule has 0 fully saturated rings. The molecule has 0 radical (unpaired) electrons. The molecule has 0 aliphatic heterocycles. The Hall–Kier alpha value is -0.690.